The van der Waals surface area contributed by atoms with Crippen molar-refractivity contribution in [1.82, 2.24) is 5.32 Å². The standard InChI is InChI=1S/C11H19NO2/c1-8-4-5-9(7-8)12-11(13)10-3-2-6-14-10/h8-10H,2-7H2,1H3,(H,12,13)/t8?,9?,10-/m0/s1. The summed E-state index contributed by atoms with van der Waals surface area (Å²) >= 11 is 0. The Hall–Kier alpha value is -0.570. The average molecular weight is 197 g/mol. The summed E-state index contributed by atoms with van der Waals surface area (Å²) in [6.07, 6.45) is 5.29. The zero-order chi connectivity index (χ0) is 9.97. The lowest BCUT2D eigenvalue weighted by atomic mass is 10.1. The van der Waals surface area contributed by atoms with Crippen molar-refractivity contribution in [2.75, 3.05) is 6.61 Å². The largest absolute Gasteiger partial charge is 0.368 e. The molecule has 2 aliphatic rings. The molecule has 3 heteroatoms. The Kier molecular flexibility index (Phi) is 3.06. The van der Waals surface area contributed by atoms with E-state index in [4.69, 9.17) is 4.74 Å². The van der Waals surface area contributed by atoms with Crippen LogP contribution < -0.4 is 5.32 Å². The van der Waals surface area contributed by atoms with Crippen LogP contribution in [0.25, 0.3) is 0 Å². The van der Waals surface area contributed by atoms with Gasteiger partial charge in [0.15, 0.2) is 0 Å². The number of hydrogen-bond donors (Lipinski definition) is 1. The van der Waals surface area contributed by atoms with Gasteiger partial charge in [0, 0.05) is 12.6 Å². The maximum absolute atomic E-state index is 11.7. The number of rotatable bonds is 2. The molecular formula is C11H19NO2. The zero-order valence-corrected chi connectivity index (χ0v) is 8.79. The fourth-order valence-electron chi connectivity index (χ4n) is 2.42. The first kappa shape index (κ1) is 9.97. The summed E-state index contributed by atoms with van der Waals surface area (Å²) < 4.78 is 5.34. The molecule has 0 bridgehead atoms. The molecule has 1 aliphatic heterocycles. The summed E-state index contributed by atoms with van der Waals surface area (Å²) in [5.74, 6) is 0.881. The summed E-state index contributed by atoms with van der Waals surface area (Å²) in [4.78, 5) is 11.7. The van der Waals surface area contributed by atoms with Gasteiger partial charge in [-0.1, -0.05) is 6.92 Å². The lowest BCUT2D eigenvalue weighted by Gasteiger charge is -2.15. The van der Waals surface area contributed by atoms with Crippen LogP contribution in [-0.2, 0) is 9.53 Å². The Morgan fingerprint density at radius 3 is 2.79 bits per heavy atom. The molecule has 0 aromatic carbocycles. The quantitative estimate of drug-likeness (QED) is 0.728. The van der Waals surface area contributed by atoms with Crippen LogP contribution in [0.5, 0.6) is 0 Å². The lowest BCUT2D eigenvalue weighted by molar-refractivity contribution is -0.130. The van der Waals surface area contributed by atoms with E-state index in [0.717, 1.165) is 38.2 Å². The van der Waals surface area contributed by atoms with Crippen molar-refractivity contribution >= 4 is 5.91 Å². The molecule has 80 valence electrons. The Balaban J connectivity index is 1.76. The topological polar surface area (TPSA) is 38.3 Å². The molecule has 1 N–H and O–H groups in total. The van der Waals surface area contributed by atoms with Crippen molar-refractivity contribution in [1.29, 1.82) is 0 Å². The molecule has 14 heavy (non-hydrogen) atoms. The first-order valence-corrected chi connectivity index (χ1v) is 5.67. The molecule has 1 saturated carbocycles. The van der Waals surface area contributed by atoms with E-state index in [0.29, 0.717) is 6.04 Å². The molecule has 0 aromatic heterocycles. The van der Waals surface area contributed by atoms with Crippen LogP contribution in [0.3, 0.4) is 0 Å². The summed E-state index contributed by atoms with van der Waals surface area (Å²) in [5.41, 5.74) is 0. The molecule has 1 saturated heterocycles. The maximum Gasteiger partial charge on any atom is 0.249 e. The Morgan fingerprint density at radius 1 is 1.36 bits per heavy atom. The van der Waals surface area contributed by atoms with Gasteiger partial charge in [-0.05, 0) is 38.0 Å². The van der Waals surface area contributed by atoms with E-state index < -0.39 is 0 Å². The molecule has 0 radical (unpaired) electrons. The van der Waals surface area contributed by atoms with Crippen LogP contribution in [0.15, 0.2) is 0 Å². The number of ether oxygens (including phenoxy) is 1. The minimum Gasteiger partial charge on any atom is -0.368 e. The second-order valence-electron chi connectivity index (χ2n) is 4.63. The molecule has 2 fully saturated rings. The molecule has 0 aromatic rings. The number of carbonyl (C=O) groups excluding carboxylic acids is 1. The molecule has 3 atom stereocenters. The molecule has 2 unspecified atom stereocenters. The van der Waals surface area contributed by atoms with Crippen LogP contribution in [0.1, 0.15) is 39.0 Å². The van der Waals surface area contributed by atoms with Crippen molar-refractivity contribution in [3.05, 3.63) is 0 Å². The predicted molar refractivity (Wildman–Crippen MR) is 53.9 cm³/mol. The third kappa shape index (κ3) is 2.27. The van der Waals surface area contributed by atoms with Crippen molar-refractivity contribution < 1.29 is 9.53 Å². The Labute approximate surface area is 85.2 Å². The van der Waals surface area contributed by atoms with Gasteiger partial charge in [0.1, 0.15) is 6.10 Å². The molecule has 0 spiro atoms. The van der Waals surface area contributed by atoms with E-state index in [1.807, 2.05) is 0 Å². The highest BCUT2D eigenvalue weighted by atomic mass is 16.5. The smallest absolute Gasteiger partial charge is 0.249 e. The van der Waals surface area contributed by atoms with Crippen molar-refractivity contribution in [3.8, 4) is 0 Å². The van der Waals surface area contributed by atoms with Crippen LogP contribution in [-0.4, -0.2) is 24.7 Å². The summed E-state index contributed by atoms with van der Waals surface area (Å²) in [5, 5.41) is 3.09. The molecule has 2 rings (SSSR count). The number of amides is 1. The highest BCUT2D eigenvalue weighted by molar-refractivity contribution is 5.81. The third-order valence-electron chi connectivity index (χ3n) is 3.26. The Bertz CT molecular complexity index is 211. The van der Waals surface area contributed by atoms with Gasteiger partial charge in [-0.3, -0.25) is 4.79 Å². The summed E-state index contributed by atoms with van der Waals surface area (Å²) in [6, 6.07) is 0.404. The van der Waals surface area contributed by atoms with E-state index in [9.17, 15) is 4.79 Å². The fraction of sp³-hybridized carbons (Fsp3) is 0.909. The fourth-order valence-corrected chi connectivity index (χ4v) is 2.42. The number of carbonyl (C=O) groups is 1. The third-order valence-corrected chi connectivity index (χ3v) is 3.26. The maximum atomic E-state index is 11.7. The van der Waals surface area contributed by atoms with Gasteiger partial charge in [0.2, 0.25) is 5.91 Å². The monoisotopic (exact) mass is 197 g/mol. The van der Waals surface area contributed by atoms with Gasteiger partial charge in [-0.15, -0.1) is 0 Å². The average Bonchev–Trinajstić information content (AvgIpc) is 2.75. The van der Waals surface area contributed by atoms with Gasteiger partial charge in [-0.25, -0.2) is 0 Å². The summed E-state index contributed by atoms with van der Waals surface area (Å²) in [7, 11) is 0. The summed E-state index contributed by atoms with van der Waals surface area (Å²) in [6.45, 7) is 3.00. The van der Waals surface area contributed by atoms with Gasteiger partial charge in [-0.2, -0.15) is 0 Å². The second-order valence-corrected chi connectivity index (χ2v) is 4.63. The molecular weight excluding hydrogens is 178 g/mol. The van der Waals surface area contributed by atoms with Gasteiger partial charge in [0.05, 0.1) is 0 Å². The van der Waals surface area contributed by atoms with Crippen LogP contribution in [0.2, 0.25) is 0 Å². The zero-order valence-electron chi connectivity index (χ0n) is 8.79. The lowest BCUT2D eigenvalue weighted by Crippen LogP contribution is -2.40. The Morgan fingerprint density at radius 2 is 2.21 bits per heavy atom. The van der Waals surface area contributed by atoms with E-state index in [-0.39, 0.29) is 12.0 Å². The van der Waals surface area contributed by atoms with Crippen LogP contribution >= 0.6 is 0 Å². The SMILES string of the molecule is CC1CCC(NC(=O)[C@@H]2CCCO2)C1. The van der Waals surface area contributed by atoms with Crippen molar-refractivity contribution in [3.63, 3.8) is 0 Å². The van der Waals surface area contributed by atoms with Gasteiger partial charge >= 0.3 is 0 Å². The number of hydrogen-bond acceptors (Lipinski definition) is 2. The van der Waals surface area contributed by atoms with Crippen molar-refractivity contribution in [2.24, 2.45) is 5.92 Å². The molecule has 3 nitrogen and oxygen atoms in total. The van der Waals surface area contributed by atoms with Crippen LogP contribution in [0, 0.1) is 5.92 Å². The second kappa shape index (κ2) is 4.30. The molecule has 1 amide bonds. The van der Waals surface area contributed by atoms with E-state index in [1.165, 1.54) is 6.42 Å². The van der Waals surface area contributed by atoms with Crippen molar-refractivity contribution in [2.45, 2.75) is 51.2 Å². The van der Waals surface area contributed by atoms with Gasteiger partial charge in [0.25, 0.3) is 0 Å². The minimum absolute atomic E-state index is 0.113. The highest BCUT2D eigenvalue weighted by Gasteiger charge is 2.28. The van der Waals surface area contributed by atoms with E-state index >= 15 is 0 Å². The highest BCUT2D eigenvalue weighted by Crippen LogP contribution is 2.25. The van der Waals surface area contributed by atoms with E-state index in [2.05, 4.69) is 12.2 Å². The number of nitrogens with one attached hydrogen (secondary N) is 1. The molecule has 1 aliphatic carbocycles. The minimum atomic E-state index is -0.161. The predicted octanol–water partition coefficient (Wildman–Crippen LogP) is 1.47. The molecule has 1 heterocycles. The normalized spacial score (nSPS) is 37.4. The van der Waals surface area contributed by atoms with E-state index in [1.54, 1.807) is 0 Å². The first-order valence-electron chi connectivity index (χ1n) is 5.67. The first-order chi connectivity index (χ1) is 6.75. The van der Waals surface area contributed by atoms with Gasteiger partial charge < -0.3 is 10.1 Å². The van der Waals surface area contributed by atoms with Crippen LogP contribution in [0.4, 0.5) is 0 Å².